The Morgan fingerprint density at radius 1 is 1.11 bits per heavy atom. The number of halogens is 1. The molecule has 8 heteroatoms. The van der Waals surface area contributed by atoms with E-state index in [1.807, 2.05) is 6.92 Å². The van der Waals surface area contributed by atoms with E-state index < -0.39 is 10.0 Å². The Morgan fingerprint density at radius 2 is 1.74 bits per heavy atom. The van der Waals surface area contributed by atoms with Crippen molar-refractivity contribution in [3.05, 3.63) is 53.6 Å². The lowest BCUT2D eigenvalue weighted by molar-refractivity contribution is -0.116. The maximum Gasteiger partial charge on any atom is 0.232 e. The van der Waals surface area contributed by atoms with Gasteiger partial charge < -0.3 is 10.1 Å². The normalized spacial score (nSPS) is 11.1. The first-order valence-electron chi connectivity index (χ1n) is 8.55. The Morgan fingerprint density at radius 3 is 2.30 bits per heavy atom. The monoisotopic (exact) mass is 410 g/mol. The van der Waals surface area contributed by atoms with Crippen molar-refractivity contribution < 1.29 is 17.9 Å². The molecule has 0 aliphatic heterocycles. The molecule has 2 aromatic carbocycles. The number of anilines is 2. The van der Waals surface area contributed by atoms with Crippen LogP contribution in [0.1, 0.15) is 19.8 Å². The molecule has 0 atom stereocenters. The zero-order valence-corrected chi connectivity index (χ0v) is 16.9. The van der Waals surface area contributed by atoms with Crippen molar-refractivity contribution in [3.63, 3.8) is 0 Å². The van der Waals surface area contributed by atoms with Crippen molar-refractivity contribution in [1.29, 1.82) is 0 Å². The van der Waals surface area contributed by atoms with E-state index in [0.29, 0.717) is 35.2 Å². The molecule has 2 rings (SSSR count). The van der Waals surface area contributed by atoms with Crippen LogP contribution in [0, 0.1) is 0 Å². The lowest BCUT2D eigenvalue weighted by Gasteiger charge is -2.22. The summed E-state index contributed by atoms with van der Waals surface area (Å²) in [5.74, 6) is 0.495. The molecule has 6 nitrogen and oxygen atoms in total. The van der Waals surface area contributed by atoms with Crippen LogP contribution in [0.3, 0.4) is 0 Å². The topological polar surface area (TPSA) is 75.7 Å². The third-order valence-electron chi connectivity index (χ3n) is 3.73. The highest BCUT2D eigenvalue weighted by molar-refractivity contribution is 7.92. The van der Waals surface area contributed by atoms with Crippen molar-refractivity contribution in [2.45, 2.75) is 19.8 Å². The maximum atomic E-state index is 12.1. The molecule has 0 fully saturated rings. The van der Waals surface area contributed by atoms with Crippen LogP contribution in [0.2, 0.25) is 5.02 Å². The molecular formula is C19H23ClN2O4S. The minimum atomic E-state index is -3.46. The fourth-order valence-electron chi connectivity index (χ4n) is 2.50. The summed E-state index contributed by atoms with van der Waals surface area (Å²) in [6.07, 6.45) is 1.74. The average Bonchev–Trinajstić information content (AvgIpc) is 2.61. The summed E-state index contributed by atoms with van der Waals surface area (Å²) >= 11 is 5.81. The van der Waals surface area contributed by atoms with Gasteiger partial charge in [-0.15, -0.1) is 0 Å². The van der Waals surface area contributed by atoms with Crippen molar-refractivity contribution in [2.24, 2.45) is 0 Å². The van der Waals surface area contributed by atoms with Gasteiger partial charge in [0.1, 0.15) is 5.75 Å². The molecule has 0 spiro atoms. The van der Waals surface area contributed by atoms with Crippen LogP contribution in [0.15, 0.2) is 48.5 Å². The summed E-state index contributed by atoms with van der Waals surface area (Å²) in [7, 11) is -3.46. The fraction of sp³-hybridized carbons (Fsp3) is 0.316. The van der Waals surface area contributed by atoms with Gasteiger partial charge >= 0.3 is 0 Å². The van der Waals surface area contributed by atoms with Crippen molar-refractivity contribution in [2.75, 3.05) is 29.0 Å². The number of rotatable bonds is 9. The van der Waals surface area contributed by atoms with Gasteiger partial charge in [-0.05, 0) is 61.9 Å². The Balaban J connectivity index is 1.94. The van der Waals surface area contributed by atoms with Gasteiger partial charge in [0.05, 0.1) is 18.6 Å². The Labute approximate surface area is 165 Å². The molecule has 1 amide bonds. The molecule has 0 saturated heterocycles. The van der Waals surface area contributed by atoms with Crippen molar-refractivity contribution in [3.8, 4) is 5.75 Å². The number of hydrogen-bond acceptors (Lipinski definition) is 4. The Bertz CT molecular complexity index is 852. The Hall–Kier alpha value is -2.25. The molecular weight excluding hydrogens is 388 g/mol. The molecule has 146 valence electrons. The average molecular weight is 411 g/mol. The first-order valence-corrected chi connectivity index (χ1v) is 10.8. The highest BCUT2D eigenvalue weighted by Gasteiger charge is 2.17. The van der Waals surface area contributed by atoms with E-state index in [1.165, 1.54) is 4.31 Å². The van der Waals surface area contributed by atoms with Crippen LogP contribution in [-0.2, 0) is 14.8 Å². The minimum absolute atomic E-state index is 0.183. The van der Waals surface area contributed by atoms with E-state index in [2.05, 4.69) is 5.32 Å². The van der Waals surface area contributed by atoms with Gasteiger partial charge in [-0.1, -0.05) is 11.6 Å². The predicted octanol–water partition coefficient (Wildman–Crippen LogP) is 3.92. The second-order valence-corrected chi connectivity index (χ2v) is 8.26. The number of carbonyl (C=O) groups is 1. The van der Waals surface area contributed by atoms with Gasteiger partial charge in [-0.2, -0.15) is 0 Å². The lowest BCUT2D eigenvalue weighted by Crippen LogP contribution is -2.31. The predicted molar refractivity (Wildman–Crippen MR) is 109 cm³/mol. The van der Waals surface area contributed by atoms with E-state index in [1.54, 1.807) is 48.5 Å². The van der Waals surface area contributed by atoms with Crippen molar-refractivity contribution in [1.82, 2.24) is 0 Å². The van der Waals surface area contributed by atoms with Crippen LogP contribution in [-0.4, -0.2) is 33.7 Å². The molecule has 0 aliphatic rings. The molecule has 27 heavy (non-hydrogen) atoms. The fourth-order valence-corrected chi connectivity index (χ4v) is 3.59. The van der Waals surface area contributed by atoms with Gasteiger partial charge in [-0.25, -0.2) is 8.42 Å². The van der Waals surface area contributed by atoms with Crippen LogP contribution in [0.4, 0.5) is 11.4 Å². The summed E-state index contributed by atoms with van der Waals surface area (Å²) in [6, 6.07) is 13.6. The standard InChI is InChI=1S/C19H23ClN2O4S/c1-3-26-18-12-10-17(11-13-18)22(27(2,24)25)14-4-5-19(23)21-16-8-6-15(20)7-9-16/h6-13H,3-5,14H2,1-2H3,(H,21,23). The Kier molecular flexibility index (Phi) is 7.50. The van der Waals surface area contributed by atoms with Gasteiger partial charge in [0.2, 0.25) is 15.9 Å². The molecule has 0 aliphatic carbocycles. The van der Waals surface area contributed by atoms with E-state index in [-0.39, 0.29) is 18.9 Å². The molecule has 0 aromatic heterocycles. The number of amides is 1. The number of hydrogen-bond donors (Lipinski definition) is 1. The first-order chi connectivity index (χ1) is 12.8. The number of nitrogens with zero attached hydrogens (tertiary/aromatic N) is 1. The molecule has 0 radical (unpaired) electrons. The number of sulfonamides is 1. The summed E-state index contributed by atoms with van der Waals surface area (Å²) in [5.41, 5.74) is 1.19. The largest absolute Gasteiger partial charge is 0.494 e. The number of ether oxygens (including phenoxy) is 1. The lowest BCUT2D eigenvalue weighted by atomic mass is 10.2. The number of benzene rings is 2. The van der Waals surface area contributed by atoms with Gasteiger partial charge in [0.25, 0.3) is 0 Å². The van der Waals surface area contributed by atoms with Gasteiger partial charge in [0, 0.05) is 23.7 Å². The SMILES string of the molecule is CCOc1ccc(N(CCCC(=O)Nc2ccc(Cl)cc2)S(C)(=O)=O)cc1. The molecule has 2 aromatic rings. The maximum absolute atomic E-state index is 12.1. The van der Waals surface area contributed by atoms with Crippen molar-refractivity contribution >= 4 is 38.9 Å². The third-order valence-corrected chi connectivity index (χ3v) is 5.18. The second-order valence-electron chi connectivity index (χ2n) is 5.92. The highest BCUT2D eigenvalue weighted by Crippen LogP contribution is 2.22. The smallest absolute Gasteiger partial charge is 0.232 e. The molecule has 0 bridgehead atoms. The first kappa shape index (κ1) is 21.1. The van der Waals surface area contributed by atoms with Crippen LogP contribution >= 0.6 is 11.6 Å². The van der Waals surface area contributed by atoms with Gasteiger partial charge in [0.15, 0.2) is 0 Å². The van der Waals surface area contributed by atoms with Crippen LogP contribution in [0.5, 0.6) is 5.75 Å². The quantitative estimate of drug-likeness (QED) is 0.679. The highest BCUT2D eigenvalue weighted by atomic mass is 35.5. The van der Waals surface area contributed by atoms with Gasteiger partial charge in [-0.3, -0.25) is 9.10 Å². The minimum Gasteiger partial charge on any atom is -0.494 e. The summed E-state index contributed by atoms with van der Waals surface area (Å²) in [4.78, 5) is 12.1. The molecule has 1 N–H and O–H groups in total. The van der Waals surface area contributed by atoms with E-state index in [4.69, 9.17) is 16.3 Å². The van der Waals surface area contributed by atoms with E-state index >= 15 is 0 Å². The second kappa shape index (κ2) is 9.62. The zero-order chi connectivity index (χ0) is 19.9. The summed E-state index contributed by atoms with van der Waals surface area (Å²) in [5, 5.41) is 3.35. The zero-order valence-electron chi connectivity index (χ0n) is 15.3. The van der Waals surface area contributed by atoms with E-state index in [9.17, 15) is 13.2 Å². The molecule has 0 heterocycles. The van der Waals surface area contributed by atoms with E-state index in [0.717, 1.165) is 6.26 Å². The molecule has 0 unspecified atom stereocenters. The molecule has 0 saturated carbocycles. The summed E-state index contributed by atoms with van der Waals surface area (Å²) < 4.78 is 30.9. The van der Waals surface area contributed by atoms with Crippen LogP contribution in [0.25, 0.3) is 0 Å². The van der Waals surface area contributed by atoms with Crippen LogP contribution < -0.4 is 14.4 Å². The number of carbonyl (C=O) groups excluding carboxylic acids is 1. The summed E-state index contributed by atoms with van der Waals surface area (Å²) in [6.45, 7) is 2.63. The number of nitrogens with one attached hydrogen (secondary N) is 1. The third kappa shape index (κ3) is 6.77.